The van der Waals surface area contributed by atoms with Gasteiger partial charge in [-0.2, -0.15) is 0 Å². The molecule has 0 aromatic heterocycles. The fraction of sp³-hybridized carbons (Fsp3) is 0.138. The molecule has 0 bridgehead atoms. The fourth-order valence-corrected chi connectivity index (χ4v) is 8.67. The summed E-state index contributed by atoms with van der Waals surface area (Å²) in [5, 5.41) is 25.6. The number of benzene rings is 4. The molecule has 3 nitrogen and oxygen atoms in total. The van der Waals surface area contributed by atoms with Gasteiger partial charge in [-0.1, -0.05) is 104 Å². The minimum atomic E-state index is -2.44. The van der Waals surface area contributed by atoms with Gasteiger partial charge in [0.15, 0.2) is 0 Å². The largest absolute Gasteiger partial charge is 0.507 e. The smallest absolute Gasteiger partial charge is 0.150 e. The van der Waals surface area contributed by atoms with Gasteiger partial charge in [0.05, 0.1) is 6.04 Å². The Kier molecular flexibility index (Phi) is 5.71. The van der Waals surface area contributed by atoms with Gasteiger partial charge in [0.2, 0.25) is 0 Å². The van der Waals surface area contributed by atoms with Gasteiger partial charge in [-0.05, 0) is 39.2 Å². The molecule has 5 rings (SSSR count). The van der Waals surface area contributed by atoms with E-state index >= 15 is 0 Å². The fourth-order valence-electron chi connectivity index (χ4n) is 4.95. The molecule has 164 valence electrons. The summed E-state index contributed by atoms with van der Waals surface area (Å²) in [5.41, 5.74) is 2.77. The van der Waals surface area contributed by atoms with E-state index in [1.165, 1.54) is 10.4 Å². The average molecular weight is 450 g/mol. The van der Waals surface area contributed by atoms with Crippen molar-refractivity contribution in [2.24, 2.45) is 4.99 Å². The standard InChI is InChI=1S/C29H27NO2Si/c1-33(23-13-4-2-5-14-23,24-15-6-3-7-16-24)27-18-10-12-22(28(27)31)20-30-26-19-21-11-8-9-17-25(21)29(26)32/h2-18,20,26,29,31-32H,19H2,1H3/t26-,29+/m0/s1. The maximum Gasteiger partial charge on any atom is 0.150 e. The van der Waals surface area contributed by atoms with E-state index in [0.29, 0.717) is 12.0 Å². The van der Waals surface area contributed by atoms with Crippen LogP contribution in [0.1, 0.15) is 22.8 Å². The maximum atomic E-state index is 11.4. The van der Waals surface area contributed by atoms with Crippen LogP contribution < -0.4 is 15.6 Å². The monoisotopic (exact) mass is 449 g/mol. The third-order valence-corrected chi connectivity index (χ3v) is 11.3. The van der Waals surface area contributed by atoms with Gasteiger partial charge in [0.1, 0.15) is 19.9 Å². The van der Waals surface area contributed by atoms with Crippen molar-refractivity contribution in [2.45, 2.75) is 25.1 Å². The van der Waals surface area contributed by atoms with Crippen LogP contribution >= 0.6 is 0 Å². The summed E-state index contributed by atoms with van der Waals surface area (Å²) in [7, 11) is -2.44. The van der Waals surface area contributed by atoms with Crippen LogP contribution in [-0.2, 0) is 6.42 Å². The molecule has 2 atom stereocenters. The Morgan fingerprint density at radius 1 is 0.788 bits per heavy atom. The Morgan fingerprint density at radius 3 is 2.03 bits per heavy atom. The highest BCUT2D eigenvalue weighted by atomic mass is 28.3. The van der Waals surface area contributed by atoms with Gasteiger partial charge >= 0.3 is 0 Å². The van der Waals surface area contributed by atoms with Crippen molar-refractivity contribution >= 4 is 29.8 Å². The molecule has 0 saturated heterocycles. The number of aliphatic hydroxyl groups excluding tert-OH is 1. The number of phenols is 1. The lowest BCUT2D eigenvalue weighted by Gasteiger charge is -2.30. The van der Waals surface area contributed by atoms with Crippen LogP contribution in [0.5, 0.6) is 5.75 Å². The summed E-state index contributed by atoms with van der Waals surface area (Å²) in [6.45, 7) is 2.28. The maximum absolute atomic E-state index is 11.4. The minimum absolute atomic E-state index is 0.239. The third kappa shape index (κ3) is 3.82. The number of phenolic OH excluding ortho intramolecular Hbond substituents is 1. The summed E-state index contributed by atoms with van der Waals surface area (Å²) in [4.78, 5) is 4.70. The van der Waals surface area contributed by atoms with Gasteiger partial charge < -0.3 is 10.2 Å². The highest BCUT2D eigenvalue weighted by Crippen LogP contribution is 2.33. The number of nitrogens with zero attached hydrogens (tertiary/aromatic N) is 1. The molecule has 0 heterocycles. The second-order valence-corrected chi connectivity index (χ2v) is 12.7. The molecule has 33 heavy (non-hydrogen) atoms. The molecule has 0 amide bonds. The lowest BCUT2D eigenvalue weighted by atomic mass is 10.1. The molecular weight excluding hydrogens is 422 g/mol. The number of fused-ring (bicyclic) bond motifs is 1. The van der Waals surface area contributed by atoms with E-state index in [2.05, 4.69) is 55.1 Å². The molecule has 1 aliphatic rings. The molecule has 4 heteroatoms. The van der Waals surface area contributed by atoms with Crippen molar-refractivity contribution in [1.29, 1.82) is 0 Å². The molecule has 0 unspecified atom stereocenters. The molecule has 0 aliphatic heterocycles. The van der Waals surface area contributed by atoms with Crippen LogP contribution in [0.3, 0.4) is 0 Å². The molecule has 4 aromatic rings. The van der Waals surface area contributed by atoms with E-state index in [1.807, 2.05) is 54.6 Å². The number of aliphatic hydroxyl groups is 1. The molecular formula is C29H27NO2Si. The lowest BCUT2D eigenvalue weighted by Crippen LogP contribution is -2.64. The number of hydrogen-bond acceptors (Lipinski definition) is 3. The molecule has 0 spiro atoms. The van der Waals surface area contributed by atoms with Gasteiger partial charge in [0.25, 0.3) is 0 Å². The summed E-state index contributed by atoms with van der Waals surface area (Å²) < 4.78 is 0. The number of hydrogen-bond donors (Lipinski definition) is 2. The minimum Gasteiger partial charge on any atom is -0.507 e. The zero-order valence-corrected chi connectivity index (χ0v) is 19.6. The van der Waals surface area contributed by atoms with Gasteiger partial charge in [0, 0.05) is 11.8 Å². The van der Waals surface area contributed by atoms with E-state index in [-0.39, 0.29) is 11.8 Å². The van der Waals surface area contributed by atoms with Crippen molar-refractivity contribution < 1.29 is 10.2 Å². The molecule has 0 radical (unpaired) electrons. The third-order valence-electron chi connectivity index (χ3n) is 6.88. The van der Waals surface area contributed by atoms with E-state index in [1.54, 1.807) is 6.21 Å². The van der Waals surface area contributed by atoms with E-state index in [4.69, 9.17) is 4.99 Å². The highest BCUT2D eigenvalue weighted by Gasteiger charge is 2.37. The van der Waals surface area contributed by atoms with Crippen molar-refractivity contribution in [1.82, 2.24) is 0 Å². The second-order valence-electron chi connectivity index (χ2n) is 8.79. The van der Waals surface area contributed by atoms with Crippen molar-refractivity contribution in [3.63, 3.8) is 0 Å². The van der Waals surface area contributed by atoms with Crippen LogP contribution in [0.4, 0.5) is 0 Å². The second kappa shape index (κ2) is 8.81. The predicted molar refractivity (Wildman–Crippen MR) is 138 cm³/mol. The van der Waals surface area contributed by atoms with Crippen LogP contribution in [0.15, 0.2) is 108 Å². The normalized spacial score (nSPS) is 17.9. The summed E-state index contributed by atoms with van der Waals surface area (Å²) in [6, 6.07) is 34.6. The summed E-state index contributed by atoms with van der Waals surface area (Å²) in [6.07, 6.45) is 1.81. The van der Waals surface area contributed by atoms with E-state index in [9.17, 15) is 10.2 Å². The lowest BCUT2D eigenvalue weighted by molar-refractivity contribution is 0.160. The van der Waals surface area contributed by atoms with Crippen LogP contribution in [0, 0.1) is 0 Å². The highest BCUT2D eigenvalue weighted by molar-refractivity contribution is 7.11. The van der Waals surface area contributed by atoms with Crippen molar-refractivity contribution in [3.8, 4) is 5.75 Å². The number of para-hydroxylation sites is 1. The Bertz CT molecular complexity index is 1250. The topological polar surface area (TPSA) is 52.8 Å². The van der Waals surface area contributed by atoms with Crippen LogP contribution in [0.2, 0.25) is 6.55 Å². The molecule has 0 fully saturated rings. The SMILES string of the molecule is C[Si](c1ccccc1)(c1ccccc1)c1cccc(C=N[C@H]2Cc3ccccc3[C@H]2O)c1O. The number of aromatic hydroxyl groups is 1. The van der Waals surface area contributed by atoms with Gasteiger partial charge in [-0.3, -0.25) is 4.99 Å². The van der Waals surface area contributed by atoms with Crippen molar-refractivity contribution in [2.75, 3.05) is 0 Å². The van der Waals surface area contributed by atoms with Gasteiger partial charge in [-0.25, -0.2) is 0 Å². The first kappa shape index (κ1) is 21.4. The zero-order valence-electron chi connectivity index (χ0n) is 18.6. The molecule has 0 saturated carbocycles. The molecule has 1 aliphatic carbocycles. The van der Waals surface area contributed by atoms with Crippen LogP contribution in [0.25, 0.3) is 0 Å². The van der Waals surface area contributed by atoms with Crippen molar-refractivity contribution in [3.05, 3.63) is 120 Å². The summed E-state index contributed by atoms with van der Waals surface area (Å²) >= 11 is 0. The predicted octanol–water partition coefficient (Wildman–Crippen LogP) is 3.57. The van der Waals surface area contributed by atoms with Crippen LogP contribution in [-0.4, -0.2) is 30.5 Å². The Hall–Kier alpha value is -3.47. The zero-order chi connectivity index (χ0) is 22.8. The quantitative estimate of drug-likeness (QED) is 0.278. The molecule has 2 N–H and O–H groups in total. The Morgan fingerprint density at radius 2 is 1.39 bits per heavy atom. The summed E-state index contributed by atoms with van der Waals surface area (Å²) in [5.74, 6) is 0.271. The Labute approximate surface area is 195 Å². The van der Waals surface area contributed by atoms with E-state index in [0.717, 1.165) is 16.3 Å². The average Bonchev–Trinajstić information content (AvgIpc) is 3.19. The first-order chi connectivity index (χ1) is 16.1. The first-order valence-corrected chi connectivity index (χ1v) is 13.8. The number of rotatable bonds is 5. The Balaban J connectivity index is 1.54. The number of aliphatic imine (C=N–C) groups is 1. The van der Waals surface area contributed by atoms with Gasteiger partial charge in [-0.15, -0.1) is 0 Å². The van der Waals surface area contributed by atoms with E-state index < -0.39 is 14.2 Å². The first-order valence-electron chi connectivity index (χ1n) is 11.3. The molecule has 4 aromatic carbocycles.